The van der Waals surface area contributed by atoms with Gasteiger partial charge in [-0.15, -0.1) is 0 Å². The predicted molar refractivity (Wildman–Crippen MR) is 42.3 cm³/mol. The van der Waals surface area contributed by atoms with Crippen molar-refractivity contribution in [2.75, 3.05) is 7.11 Å². The van der Waals surface area contributed by atoms with E-state index in [4.69, 9.17) is 0 Å². The maximum atomic E-state index is 10.9. The molecule has 6 nitrogen and oxygen atoms in total. The SMILES string of the molecule is COC(=O)C(C)(C)NS(N)(=O)=O. The fourth-order valence-electron chi connectivity index (χ4n) is 0.652. The molecule has 3 N–H and O–H groups in total. The largest absolute Gasteiger partial charge is 0.468 e. The van der Waals surface area contributed by atoms with Crippen LogP contribution in [0, 0.1) is 0 Å². The van der Waals surface area contributed by atoms with Crippen molar-refractivity contribution in [2.45, 2.75) is 19.4 Å². The Morgan fingerprint density at radius 3 is 2.17 bits per heavy atom. The lowest BCUT2D eigenvalue weighted by Crippen LogP contribution is -2.52. The number of rotatable bonds is 3. The first-order valence-corrected chi connectivity index (χ1v) is 4.64. The van der Waals surface area contributed by atoms with Crippen molar-refractivity contribution in [1.29, 1.82) is 0 Å². The minimum atomic E-state index is -3.89. The highest BCUT2D eigenvalue weighted by atomic mass is 32.2. The molecule has 0 aliphatic heterocycles. The van der Waals surface area contributed by atoms with Crippen molar-refractivity contribution >= 4 is 16.2 Å². The Balaban J connectivity index is 4.54. The van der Waals surface area contributed by atoms with Crippen molar-refractivity contribution in [3.05, 3.63) is 0 Å². The van der Waals surface area contributed by atoms with Gasteiger partial charge in [0.05, 0.1) is 7.11 Å². The third kappa shape index (κ3) is 3.65. The molecule has 0 aliphatic carbocycles. The summed E-state index contributed by atoms with van der Waals surface area (Å²) in [7, 11) is -2.73. The molecule has 0 bridgehead atoms. The van der Waals surface area contributed by atoms with Crippen LogP contribution in [0.3, 0.4) is 0 Å². The molecular formula is C5H12N2O4S. The van der Waals surface area contributed by atoms with E-state index in [1.54, 1.807) is 0 Å². The molecular weight excluding hydrogens is 184 g/mol. The average Bonchev–Trinajstić information content (AvgIpc) is 1.80. The summed E-state index contributed by atoms with van der Waals surface area (Å²) < 4.78 is 27.3. The zero-order valence-electron chi connectivity index (χ0n) is 7.12. The lowest BCUT2D eigenvalue weighted by molar-refractivity contribution is -0.146. The minimum absolute atomic E-state index is 0.698. The zero-order chi connectivity index (χ0) is 9.99. The minimum Gasteiger partial charge on any atom is -0.468 e. The van der Waals surface area contributed by atoms with E-state index < -0.39 is 21.7 Å². The third-order valence-electron chi connectivity index (χ3n) is 1.09. The normalized spacial score (nSPS) is 12.7. The third-order valence-corrected chi connectivity index (χ3v) is 1.89. The Kier molecular flexibility index (Phi) is 3.19. The van der Waals surface area contributed by atoms with Gasteiger partial charge in [-0.05, 0) is 13.8 Å². The van der Waals surface area contributed by atoms with Crippen molar-refractivity contribution in [3.8, 4) is 0 Å². The highest BCUT2D eigenvalue weighted by Gasteiger charge is 2.31. The van der Waals surface area contributed by atoms with Gasteiger partial charge in [-0.2, -0.15) is 13.1 Å². The maximum Gasteiger partial charge on any atom is 0.326 e. The molecule has 0 fully saturated rings. The molecule has 0 saturated carbocycles. The van der Waals surface area contributed by atoms with E-state index in [-0.39, 0.29) is 0 Å². The fraction of sp³-hybridized carbons (Fsp3) is 0.800. The maximum absolute atomic E-state index is 10.9. The summed E-state index contributed by atoms with van der Waals surface area (Å²) in [6.07, 6.45) is 0. The average molecular weight is 196 g/mol. The molecule has 0 unspecified atom stereocenters. The molecule has 0 saturated heterocycles. The number of nitrogens with two attached hydrogens (primary N) is 1. The Morgan fingerprint density at radius 2 is 1.92 bits per heavy atom. The standard InChI is InChI=1S/C5H12N2O4S/c1-5(2,4(8)11-3)7-12(6,9)10/h7H,1-3H3,(H2,6,9,10). The summed E-state index contributed by atoms with van der Waals surface area (Å²) in [6.45, 7) is 2.70. The Labute approximate surface area is 71.3 Å². The van der Waals surface area contributed by atoms with Crippen LogP contribution < -0.4 is 9.86 Å². The molecule has 0 spiro atoms. The van der Waals surface area contributed by atoms with Gasteiger partial charge in [-0.1, -0.05) is 0 Å². The van der Waals surface area contributed by atoms with Crippen LogP contribution in [0.25, 0.3) is 0 Å². The van der Waals surface area contributed by atoms with Gasteiger partial charge in [0, 0.05) is 0 Å². The van der Waals surface area contributed by atoms with E-state index >= 15 is 0 Å². The summed E-state index contributed by atoms with van der Waals surface area (Å²) >= 11 is 0. The van der Waals surface area contributed by atoms with Crippen LogP contribution in [-0.2, 0) is 19.7 Å². The van der Waals surface area contributed by atoms with Gasteiger partial charge >= 0.3 is 5.97 Å². The summed E-state index contributed by atoms with van der Waals surface area (Å²) in [6, 6.07) is 0. The molecule has 0 atom stereocenters. The second kappa shape index (κ2) is 3.38. The highest BCUT2D eigenvalue weighted by Crippen LogP contribution is 2.04. The van der Waals surface area contributed by atoms with Gasteiger partial charge in [0.15, 0.2) is 0 Å². The van der Waals surface area contributed by atoms with E-state index in [2.05, 4.69) is 9.88 Å². The second-order valence-corrected chi connectivity index (χ2v) is 4.06. The van der Waals surface area contributed by atoms with Crippen LogP contribution >= 0.6 is 0 Å². The number of ether oxygens (including phenoxy) is 1. The van der Waals surface area contributed by atoms with Gasteiger partial charge in [-0.3, -0.25) is 4.79 Å². The first-order valence-electron chi connectivity index (χ1n) is 3.09. The van der Waals surface area contributed by atoms with E-state index in [9.17, 15) is 13.2 Å². The number of hydrogen-bond acceptors (Lipinski definition) is 4. The van der Waals surface area contributed by atoms with Crippen LogP contribution in [0.2, 0.25) is 0 Å². The number of nitrogens with one attached hydrogen (secondary N) is 1. The van der Waals surface area contributed by atoms with Gasteiger partial charge < -0.3 is 4.74 Å². The smallest absolute Gasteiger partial charge is 0.326 e. The first-order chi connectivity index (χ1) is 5.19. The van der Waals surface area contributed by atoms with Gasteiger partial charge in [-0.25, -0.2) is 5.14 Å². The molecule has 0 rings (SSSR count). The monoisotopic (exact) mass is 196 g/mol. The second-order valence-electron chi connectivity index (χ2n) is 2.76. The Hall–Kier alpha value is -0.660. The summed E-state index contributed by atoms with van der Waals surface area (Å²) in [4.78, 5) is 10.9. The molecule has 0 amide bonds. The van der Waals surface area contributed by atoms with Gasteiger partial charge in [0.1, 0.15) is 5.54 Å². The van der Waals surface area contributed by atoms with E-state index in [1.807, 2.05) is 4.72 Å². The van der Waals surface area contributed by atoms with E-state index in [0.717, 1.165) is 7.11 Å². The summed E-state index contributed by atoms with van der Waals surface area (Å²) in [5, 5.41) is 4.67. The molecule has 0 aromatic heterocycles. The Morgan fingerprint density at radius 1 is 1.50 bits per heavy atom. The van der Waals surface area contributed by atoms with Crippen LogP contribution in [0.1, 0.15) is 13.8 Å². The highest BCUT2D eigenvalue weighted by molar-refractivity contribution is 7.87. The number of carbonyl (C=O) groups excluding carboxylic acids is 1. The number of methoxy groups -OCH3 is 1. The molecule has 12 heavy (non-hydrogen) atoms. The van der Waals surface area contributed by atoms with Crippen LogP contribution in [0.5, 0.6) is 0 Å². The van der Waals surface area contributed by atoms with Crippen molar-refractivity contribution in [2.24, 2.45) is 5.14 Å². The van der Waals surface area contributed by atoms with Crippen molar-refractivity contribution in [3.63, 3.8) is 0 Å². The lowest BCUT2D eigenvalue weighted by Gasteiger charge is -2.20. The molecule has 0 aromatic carbocycles. The van der Waals surface area contributed by atoms with Crippen LogP contribution in [0.15, 0.2) is 0 Å². The van der Waals surface area contributed by atoms with Crippen LogP contribution in [0.4, 0.5) is 0 Å². The topological polar surface area (TPSA) is 98.5 Å². The number of carbonyl (C=O) groups is 1. The number of hydrogen-bond donors (Lipinski definition) is 2. The summed E-state index contributed by atoms with van der Waals surface area (Å²) in [5.74, 6) is -0.698. The molecule has 72 valence electrons. The van der Waals surface area contributed by atoms with Crippen molar-refractivity contribution < 1.29 is 17.9 Å². The molecule has 0 heterocycles. The van der Waals surface area contributed by atoms with E-state index in [0.29, 0.717) is 0 Å². The van der Waals surface area contributed by atoms with E-state index in [1.165, 1.54) is 13.8 Å². The first kappa shape index (κ1) is 11.3. The fourth-order valence-corrected chi connectivity index (χ4v) is 1.45. The zero-order valence-corrected chi connectivity index (χ0v) is 7.94. The molecule has 0 aromatic rings. The van der Waals surface area contributed by atoms with Crippen molar-refractivity contribution in [1.82, 2.24) is 4.72 Å². The lowest BCUT2D eigenvalue weighted by atomic mass is 10.1. The molecule has 0 radical (unpaired) electrons. The van der Waals surface area contributed by atoms with Gasteiger partial charge in [0.2, 0.25) is 0 Å². The molecule has 7 heteroatoms. The summed E-state index contributed by atoms with van der Waals surface area (Å²) in [5.41, 5.74) is -1.33. The predicted octanol–water partition coefficient (Wildman–Crippen LogP) is -1.27. The van der Waals surface area contributed by atoms with Crippen LogP contribution in [-0.4, -0.2) is 27.0 Å². The molecule has 0 aliphatic rings. The number of esters is 1. The quantitative estimate of drug-likeness (QED) is 0.550. The Bertz CT molecular complexity index is 269. The van der Waals surface area contributed by atoms with Gasteiger partial charge in [0.25, 0.3) is 10.2 Å².